The zero-order valence-electron chi connectivity index (χ0n) is 11.3. The van der Waals surface area contributed by atoms with Crippen LogP contribution in [0.4, 0.5) is 5.69 Å². The highest BCUT2D eigenvalue weighted by Crippen LogP contribution is 2.33. The Labute approximate surface area is 113 Å². The Bertz CT molecular complexity index is 541. The quantitative estimate of drug-likeness (QED) is 0.767. The minimum absolute atomic E-state index is 0.0609. The fourth-order valence-electron chi connectivity index (χ4n) is 3.16. The molecule has 2 aliphatic heterocycles. The monoisotopic (exact) mass is 258 g/mol. The molecule has 2 aliphatic rings. The predicted octanol–water partition coefficient (Wildman–Crippen LogP) is 1.59. The van der Waals surface area contributed by atoms with Crippen molar-refractivity contribution in [1.82, 2.24) is 4.90 Å². The highest BCUT2D eigenvalue weighted by Gasteiger charge is 2.40. The van der Waals surface area contributed by atoms with Crippen molar-refractivity contribution < 1.29 is 9.59 Å². The summed E-state index contributed by atoms with van der Waals surface area (Å²) in [5.41, 5.74) is 2.23. The van der Waals surface area contributed by atoms with Gasteiger partial charge in [-0.25, -0.2) is 0 Å². The second-order valence-corrected chi connectivity index (χ2v) is 5.45. The van der Waals surface area contributed by atoms with Crippen molar-refractivity contribution >= 4 is 17.5 Å². The lowest BCUT2D eigenvalue weighted by Gasteiger charge is -2.28. The Kier molecular flexibility index (Phi) is 2.81. The summed E-state index contributed by atoms with van der Waals surface area (Å²) >= 11 is 0. The lowest BCUT2D eigenvalue weighted by molar-refractivity contribution is -0.132. The van der Waals surface area contributed by atoms with Crippen molar-refractivity contribution in [1.29, 1.82) is 0 Å². The fraction of sp³-hybridized carbons (Fsp3) is 0.467. The number of carbonyl (C=O) groups excluding carboxylic acids is 2. The molecule has 2 heterocycles. The largest absolute Gasteiger partial charge is 0.334 e. The van der Waals surface area contributed by atoms with Crippen LogP contribution in [-0.2, 0) is 16.0 Å². The highest BCUT2D eigenvalue weighted by atomic mass is 16.2. The van der Waals surface area contributed by atoms with Gasteiger partial charge < -0.3 is 9.80 Å². The van der Waals surface area contributed by atoms with E-state index in [1.54, 1.807) is 11.9 Å². The number of rotatable bonds is 1. The number of hydrogen-bond acceptors (Lipinski definition) is 2. The summed E-state index contributed by atoms with van der Waals surface area (Å²) in [5.74, 6) is 0.129. The summed E-state index contributed by atoms with van der Waals surface area (Å²) in [5, 5.41) is 0. The van der Waals surface area contributed by atoms with E-state index in [-0.39, 0.29) is 23.9 Å². The van der Waals surface area contributed by atoms with Crippen molar-refractivity contribution in [2.75, 3.05) is 11.9 Å². The van der Waals surface area contributed by atoms with Gasteiger partial charge in [0.25, 0.3) is 0 Å². The summed E-state index contributed by atoms with van der Waals surface area (Å²) in [7, 11) is 1.73. The van der Waals surface area contributed by atoms with Gasteiger partial charge in [0.2, 0.25) is 11.8 Å². The average Bonchev–Trinajstić information content (AvgIpc) is 2.89. The van der Waals surface area contributed by atoms with Gasteiger partial charge in [-0.3, -0.25) is 9.59 Å². The molecule has 0 spiro atoms. The third kappa shape index (κ3) is 1.82. The molecule has 0 bridgehead atoms. The smallest absolute Gasteiger partial charge is 0.250 e. The maximum absolute atomic E-state index is 12.7. The first-order valence-electron chi connectivity index (χ1n) is 6.76. The Morgan fingerprint density at radius 2 is 2.05 bits per heavy atom. The minimum Gasteiger partial charge on any atom is -0.334 e. The fourth-order valence-corrected chi connectivity index (χ4v) is 3.16. The number of nitrogens with zero attached hydrogens (tertiary/aromatic N) is 2. The standard InChI is InChI=1S/C15H18N2O2/c1-10-9-11-5-3-4-6-12(11)17(10)15(19)13-7-8-14(18)16(13)2/h3-6,10,13H,7-9H2,1-2H3. The second-order valence-electron chi connectivity index (χ2n) is 5.45. The number of hydrogen-bond donors (Lipinski definition) is 0. The minimum atomic E-state index is -0.291. The molecule has 1 aromatic carbocycles. The van der Waals surface area contributed by atoms with Gasteiger partial charge in [0.05, 0.1) is 0 Å². The van der Waals surface area contributed by atoms with Crippen molar-refractivity contribution in [2.45, 2.75) is 38.3 Å². The third-order valence-corrected chi connectivity index (χ3v) is 4.22. The number of likely N-dealkylation sites (N-methyl/N-ethyl adjacent to an activating group) is 1. The molecule has 0 radical (unpaired) electrons. The zero-order valence-corrected chi connectivity index (χ0v) is 11.3. The molecule has 0 aromatic heterocycles. The number of benzene rings is 1. The SMILES string of the molecule is CC1Cc2ccccc2N1C(=O)C1CCC(=O)N1C. The van der Waals surface area contributed by atoms with E-state index in [0.717, 1.165) is 12.1 Å². The van der Waals surface area contributed by atoms with E-state index >= 15 is 0 Å². The Morgan fingerprint density at radius 1 is 1.32 bits per heavy atom. The highest BCUT2D eigenvalue weighted by molar-refractivity contribution is 6.02. The first kappa shape index (κ1) is 12.2. The topological polar surface area (TPSA) is 40.6 Å². The number of fused-ring (bicyclic) bond motifs is 1. The van der Waals surface area contributed by atoms with E-state index in [4.69, 9.17) is 0 Å². The van der Waals surface area contributed by atoms with Gasteiger partial charge in [0.15, 0.2) is 0 Å². The van der Waals surface area contributed by atoms with Crippen molar-refractivity contribution in [3.8, 4) is 0 Å². The molecule has 19 heavy (non-hydrogen) atoms. The van der Waals surface area contributed by atoms with E-state index < -0.39 is 0 Å². The molecular formula is C15H18N2O2. The van der Waals surface area contributed by atoms with E-state index in [0.29, 0.717) is 12.8 Å². The molecule has 0 saturated carbocycles. The summed E-state index contributed by atoms with van der Waals surface area (Å²) in [6, 6.07) is 7.91. The van der Waals surface area contributed by atoms with Crippen LogP contribution in [0.2, 0.25) is 0 Å². The molecular weight excluding hydrogens is 240 g/mol. The van der Waals surface area contributed by atoms with Gasteiger partial charge in [0, 0.05) is 25.2 Å². The van der Waals surface area contributed by atoms with Crippen molar-refractivity contribution in [3.63, 3.8) is 0 Å². The average molecular weight is 258 g/mol. The summed E-state index contributed by atoms with van der Waals surface area (Å²) in [6.45, 7) is 2.06. The Balaban J connectivity index is 1.90. The molecule has 2 atom stereocenters. The summed E-state index contributed by atoms with van der Waals surface area (Å²) in [6.07, 6.45) is 2.02. The van der Waals surface area contributed by atoms with Crippen LogP contribution >= 0.6 is 0 Å². The van der Waals surface area contributed by atoms with Crippen LogP contribution in [0.15, 0.2) is 24.3 Å². The van der Waals surface area contributed by atoms with Crippen LogP contribution in [0.3, 0.4) is 0 Å². The number of anilines is 1. The van der Waals surface area contributed by atoms with Gasteiger partial charge >= 0.3 is 0 Å². The lowest BCUT2D eigenvalue weighted by atomic mass is 10.1. The van der Waals surface area contributed by atoms with Crippen molar-refractivity contribution in [2.24, 2.45) is 0 Å². The normalized spacial score (nSPS) is 25.9. The number of carbonyl (C=O) groups is 2. The van der Waals surface area contributed by atoms with Crippen LogP contribution in [0, 0.1) is 0 Å². The maximum Gasteiger partial charge on any atom is 0.250 e. The lowest BCUT2D eigenvalue weighted by Crippen LogP contribution is -2.47. The summed E-state index contributed by atoms with van der Waals surface area (Å²) in [4.78, 5) is 27.8. The molecule has 1 fully saturated rings. The van der Waals surface area contributed by atoms with E-state index in [2.05, 4.69) is 13.0 Å². The maximum atomic E-state index is 12.7. The molecule has 4 nitrogen and oxygen atoms in total. The molecule has 0 N–H and O–H groups in total. The van der Waals surface area contributed by atoms with E-state index in [1.165, 1.54) is 5.56 Å². The Morgan fingerprint density at radius 3 is 2.74 bits per heavy atom. The zero-order chi connectivity index (χ0) is 13.6. The molecule has 2 unspecified atom stereocenters. The molecule has 100 valence electrons. The molecule has 3 rings (SSSR count). The summed E-state index contributed by atoms with van der Waals surface area (Å²) < 4.78 is 0. The van der Waals surface area contributed by atoms with E-state index in [9.17, 15) is 9.59 Å². The molecule has 0 aliphatic carbocycles. The van der Waals surface area contributed by atoms with Gasteiger partial charge in [0.1, 0.15) is 6.04 Å². The van der Waals surface area contributed by atoms with Crippen LogP contribution in [-0.4, -0.2) is 35.8 Å². The second kappa shape index (κ2) is 4.37. The molecule has 2 amide bonds. The first-order valence-corrected chi connectivity index (χ1v) is 6.76. The van der Waals surface area contributed by atoms with Crippen LogP contribution in [0.5, 0.6) is 0 Å². The Hall–Kier alpha value is -1.84. The van der Waals surface area contributed by atoms with Crippen LogP contribution in [0.25, 0.3) is 0 Å². The third-order valence-electron chi connectivity index (χ3n) is 4.22. The first-order chi connectivity index (χ1) is 9.09. The van der Waals surface area contributed by atoms with Gasteiger partial charge in [-0.2, -0.15) is 0 Å². The van der Waals surface area contributed by atoms with Crippen LogP contribution in [0.1, 0.15) is 25.3 Å². The van der Waals surface area contributed by atoms with E-state index in [1.807, 2.05) is 23.1 Å². The molecule has 1 saturated heterocycles. The van der Waals surface area contributed by atoms with Gasteiger partial charge in [-0.1, -0.05) is 18.2 Å². The van der Waals surface area contributed by atoms with Gasteiger partial charge in [-0.15, -0.1) is 0 Å². The van der Waals surface area contributed by atoms with Gasteiger partial charge in [-0.05, 0) is 31.4 Å². The van der Waals surface area contributed by atoms with Crippen LogP contribution < -0.4 is 4.90 Å². The number of amides is 2. The van der Waals surface area contributed by atoms with Crippen molar-refractivity contribution in [3.05, 3.63) is 29.8 Å². The molecule has 1 aromatic rings. The molecule has 4 heteroatoms. The number of para-hydroxylation sites is 1. The number of likely N-dealkylation sites (tertiary alicyclic amines) is 1. The predicted molar refractivity (Wildman–Crippen MR) is 72.9 cm³/mol.